The maximum Gasteiger partial charge on any atom is 0.408 e. The molecule has 2 unspecified atom stereocenters. The molecule has 10 heteroatoms. The van der Waals surface area contributed by atoms with Crippen molar-refractivity contribution >= 4 is 23.9 Å². The second kappa shape index (κ2) is 10.9. The highest BCUT2D eigenvalue weighted by atomic mass is 16.6. The number of carbonyl (C=O) groups excluding carboxylic acids is 4. The second-order valence-electron chi connectivity index (χ2n) is 7.49. The molecular weight excluding hydrogens is 406 g/mol. The Morgan fingerprint density at radius 2 is 1.77 bits per heavy atom. The van der Waals surface area contributed by atoms with Gasteiger partial charge in [-0.3, -0.25) is 19.3 Å². The van der Waals surface area contributed by atoms with Crippen molar-refractivity contribution in [3.05, 3.63) is 29.8 Å². The zero-order valence-electron chi connectivity index (χ0n) is 18.1. The Morgan fingerprint density at radius 3 is 2.26 bits per heavy atom. The number of nitrogens with zero attached hydrogens (tertiary/aromatic N) is 1. The van der Waals surface area contributed by atoms with Crippen LogP contribution in [0, 0.1) is 12.5 Å². The molecule has 0 radical (unpaired) electrons. The van der Waals surface area contributed by atoms with Gasteiger partial charge in [-0.15, -0.1) is 0 Å². The first-order valence-corrected chi connectivity index (χ1v) is 9.32. The van der Waals surface area contributed by atoms with Crippen LogP contribution < -0.4 is 10.6 Å². The number of carbonyl (C=O) groups is 4. The summed E-state index contributed by atoms with van der Waals surface area (Å²) in [5.74, 6) is -2.28. The summed E-state index contributed by atoms with van der Waals surface area (Å²) in [4.78, 5) is 49.9. The molecule has 10 nitrogen and oxygen atoms in total. The van der Waals surface area contributed by atoms with Gasteiger partial charge < -0.3 is 25.2 Å². The van der Waals surface area contributed by atoms with Crippen LogP contribution in [-0.4, -0.2) is 59.2 Å². The van der Waals surface area contributed by atoms with Crippen molar-refractivity contribution in [3.63, 3.8) is 0 Å². The van der Waals surface area contributed by atoms with Crippen molar-refractivity contribution in [2.24, 2.45) is 0 Å². The molecule has 3 amide bonds. The molecule has 3 N–H and O–H groups in total. The SMILES string of the molecule is C#CN(C(=O)C(C)NC(=O)OC(C)(C)C)C(C(=O)NCC(=O)OC)c1ccc(O)cc1. The van der Waals surface area contributed by atoms with Gasteiger partial charge in [-0.1, -0.05) is 18.6 Å². The summed E-state index contributed by atoms with van der Waals surface area (Å²) < 4.78 is 9.61. The lowest BCUT2D eigenvalue weighted by Crippen LogP contribution is -2.50. The van der Waals surface area contributed by atoms with Crippen molar-refractivity contribution in [1.82, 2.24) is 15.5 Å². The number of rotatable bonds is 7. The summed E-state index contributed by atoms with van der Waals surface area (Å²) in [6.07, 6.45) is 4.69. The first kappa shape index (κ1) is 25.3. The third-order valence-electron chi connectivity index (χ3n) is 3.83. The largest absolute Gasteiger partial charge is 0.508 e. The molecule has 0 aromatic heterocycles. The van der Waals surface area contributed by atoms with Crippen molar-refractivity contribution in [3.8, 4) is 18.2 Å². The Bertz CT molecular complexity index is 853. The average molecular weight is 433 g/mol. The van der Waals surface area contributed by atoms with Crippen LogP contribution in [-0.2, 0) is 23.9 Å². The van der Waals surface area contributed by atoms with Crippen LogP contribution in [0.2, 0.25) is 0 Å². The number of amides is 3. The fourth-order valence-electron chi connectivity index (χ4n) is 2.42. The molecule has 0 aliphatic heterocycles. The first-order chi connectivity index (χ1) is 14.4. The topological polar surface area (TPSA) is 134 Å². The maximum absolute atomic E-state index is 12.9. The van der Waals surface area contributed by atoms with Crippen LogP contribution in [0.4, 0.5) is 4.79 Å². The van der Waals surface area contributed by atoms with Crippen molar-refractivity contribution in [2.75, 3.05) is 13.7 Å². The minimum absolute atomic E-state index is 0.0592. The van der Waals surface area contributed by atoms with E-state index < -0.39 is 48.1 Å². The number of alkyl carbamates (subject to hydrolysis) is 1. The predicted octanol–water partition coefficient (Wildman–Crippen LogP) is 1.06. The van der Waals surface area contributed by atoms with E-state index in [1.54, 1.807) is 20.8 Å². The minimum atomic E-state index is -1.34. The highest BCUT2D eigenvalue weighted by Crippen LogP contribution is 2.24. The lowest BCUT2D eigenvalue weighted by atomic mass is 10.0. The summed E-state index contributed by atoms with van der Waals surface area (Å²) >= 11 is 0. The van der Waals surface area contributed by atoms with Gasteiger partial charge in [-0.25, -0.2) is 4.79 Å². The molecule has 0 bridgehead atoms. The zero-order valence-corrected chi connectivity index (χ0v) is 18.1. The molecule has 0 saturated carbocycles. The van der Waals surface area contributed by atoms with E-state index in [9.17, 15) is 24.3 Å². The van der Waals surface area contributed by atoms with Crippen LogP contribution >= 0.6 is 0 Å². The third kappa shape index (κ3) is 7.89. The van der Waals surface area contributed by atoms with Gasteiger partial charge in [0.25, 0.3) is 5.91 Å². The van der Waals surface area contributed by atoms with Crippen molar-refractivity contribution in [1.29, 1.82) is 0 Å². The minimum Gasteiger partial charge on any atom is -0.508 e. The van der Waals surface area contributed by atoms with Crippen LogP contribution in [0.3, 0.4) is 0 Å². The van der Waals surface area contributed by atoms with Crippen LogP contribution in [0.1, 0.15) is 39.3 Å². The third-order valence-corrected chi connectivity index (χ3v) is 3.83. The molecule has 1 aromatic rings. The number of terminal acetylenes is 1. The Labute approximate surface area is 180 Å². The first-order valence-electron chi connectivity index (χ1n) is 9.32. The Balaban J connectivity index is 3.15. The molecule has 0 heterocycles. The molecule has 1 rings (SSSR count). The monoisotopic (exact) mass is 433 g/mol. The van der Waals surface area contributed by atoms with Gasteiger partial charge in [-0.2, -0.15) is 0 Å². The number of phenolic OH excluding ortho intramolecular Hbond substituents is 1. The summed E-state index contributed by atoms with van der Waals surface area (Å²) in [6.45, 7) is 5.94. The summed E-state index contributed by atoms with van der Waals surface area (Å²) in [5, 5.41) is 14.2. The van der Waals surface area contributed by atoms with E-state index in [1.807, 2.05) is 0 Å². The van der Waals surface area contributed by atoms with Gasteiger partial charge in [-0.05, 0) is 45.4 Å². The normalized spacial score (nSPS) is 12.5. The van der Waals surface area contributed by atoms with E-state index in [-0.39, 0.29) is 11.3 Å². The van der Waals surface area contributed by atoms with E-state index in [0.717, 1.165) is 12.0 Å². The number of ether oxygens (including phenoxy) is 2. The second-order valence-corrected chi connectivity index (χ2v) is 7.49. The smallest absolute Gasteiger partial charge is 0.408 e. The van der Waals surface area contributed by atoms with Crippen LogP contribution in [0.25, 0.3) is 0 Å². The average Bonchev–Trinajstić information content (AvgIpc) is 2.68. The van der Waals surface area contributed by atoms with Gasteiger partial charge in [0.1, 0.15) is 30.0 Å². The van der Waals surface area contributed by atoms with E-state index in [0.29, 0.717) is 0 Å². The molecule has 1 aromatic carbocycles. The van der Waals surface area contributed by atoms with E-state index in [2.05, 4.69) is 21.4 Å². The highest BCUT2D eigenvalue weighted by molar-refractivity contribution is 5.94. The Morgan fingerprint density at radius 1 is 1.19 bits per heavy atom. The Hall–Kier alpha value is -3.74. The number of aromatic hydroxyl groups is 1. The van der Waals surface area contributed by atoms with Crippen molar-refractivity contribution < 1.29 is 33.8 Å². The fourth-order valence-corrected chi connectivity index (χ4v) is 2.42. The summed E-state index contributed by atoms with van der Waals surface area (Å²) in [6, 6.07) is 5.13. The molecule has 0 aliphatic rings. The standard InChI is InChI=1S/C21H27N3O7/c1-7-24(19(28)13(2)23-20(29)31-21(3,4)5)17(14-8-10-15(25)11-9-14)18(27)22-12-16(26)30-6/h1,8-11,13,17,25H,12H2,2-6H3,(H,22,27)(H,23,29). The number of hydrogen-bond acceptors (Lipinski definition) is 7. The molecular formula is C21H27N3O7. The number of benzene rings is 1. The maximum atomic E-state index is 12.9. The van der Waals surface area contributed by atoms with Crippen LogP contribution in [0.15, 0.2) is 24.3 Å². The fraction of sp³-hybridized carbons (Fsp3) is 0.429. The van der Waals surface area contributed by atoms with Crippen LogP contribution in [0.5, 0.6) is 5.75 Å². The number of phenols is 1. The van der Waals surface area contributed by atoms with E-state index in [1.165, 1.54) is 31.2 Å². The molecule has 0 saturated heterocycles. The number of nitrogens with one attached hydrogen (secondary N) is 2. The molecule has 0 fully saturated rings. The Kier molecular flexibility index (Phi) is 8.87. The van der Waals surface area contributed by atoms with Gasteiger partial charge in [0.2, 0.25) is 5.91 Å². The lowest BCUT2D eigenvalue weighted by molar-refractivity contribution is -0.142. The number of hydrogen-bond donors (Lipinski definition) is 3. The van der Waals surface area contributed by atoms with Crippen molar-refractivity contribution in [2.45, 2.75) is 45.4 Å². The van der Waals surface area contributed by atoms with Gasteiger partial charge in [0.15, 0.2) is 0 Å². The molecule has 0 spiro atoms. The molecule has 31 heavy (non-hydrogen) atoms. The van der Waals surface area contributed by atoms with E-state index in [4.69, 9.17) is 11.2 Å². The number of esters is 1. The number of methoxy groups -OCH3 is 1. The van der Waals surface area contributed by atoms with Gasteiger partial charge in [0, 0.05) is 6.04 Å². The predicted molar refractivity (Wildman–Crippen MR) is 110 cm³/mol. The summed E-state index contributed by atoms with van der Waals surface area (Å²) in [7, 11) is 1.16. The highest BCUT2D eigenvalue weighted by Gasteiger charge is 2.34. The lowest BCUT2D eigenvalue weighted by Gasteiger charge is -2.29. The molecule has 168 valence electrons. The van der Waals surface area contributed by atoms with Gasteiger partial charge >= 0.3 is 12.1 Å². The quantitative estimate of drug-likeness (QED) is 0.332. The summed E-state index contributed by atoms with van der Waals surface area (Å²) in [5.41, 5.74) is -0.503. The zero-order chi connectivity index (χ0) is 23.8. The molecule has 2 atom stereocenters. The van der Waals surface area contributed by atoms with E-state index >= 15 is 0 Å². The molecule has 0 aliphatic carbocycles. The van der Waals surface area contributed by atoms with Gasteiger partial charge in [0.05, 0.1) is 7.11 Å².